The summed E-state index contributed by atoms with van der Waals surface area (Å²) in [4.78, 5) is 2.61. The van der Waals surface area contributed by atoms with E-state index in [4.69, 9.17) is 10.5 Å². The van der Waals surface area contributed by atoms with Crippen LogP contribution in [-0.2, 0) is 0 Å². The van der Waals surface area contributed by atoms with Crippen LogP contribution in [0.2, 0.25) is 0 Å². The van der Waals surface area contributed by atoms with Crippen LogP contribution in [0.5, 0.6) is 5.75 Å². The van der Waals surface area contributed by atoms with Gasteiger partial charge in [-0.2, -0.15) is 0 Å². The summed E-state index contributed by atoms with van der Waals surface area (Å²) < 4.78 is 5.57. The minimum atomic E-state index is 0.401. The van der Waals surface area contributed by atoms with Crippen LogP contribution in [0.25, 0.3) is 0 Å². The lowest BCUT2D eigenvalue weighted by atomic mass is 9.78. The normalized spacial score (nSPS) is 31.0. The van der Waals surface area contributed by atoms with E-state index in [1.54, 1.807) is 7.11 Å². The van der Waals surface area contributed by atoms with E-state index >= 15 is 0 Å². The number of methoxy groups -OCH3 is 1. The topological polar surface area (TPSA) is 38.5 Å². The predicted molar refractivity (Wildman–Crippen MR) is 86.5 cm³/mol. The molecule has 0 aromatic heterocycles. The number of fused-ring (bicyclic) bond motifs is 1. The Morgan fingerprint density at radius 2 is 2.10 bits per heavy atom. The molecule has 4 unspecified atom stereocenters. The van der Waals surface area contributed by atoms with E-state index in [0.717, 1.165) is 18.2 Å². The highest BCUT2D eigenvalue weighted by molar-refractivity contribution is 5.39. The second kappa shape index (κ2) is 5.98. The molecular weight excluding hydrogens is 260 g/mol. The minimum absolute atomic E-state index is 0.401. The fraction of sp³-hybridized carbons (Fsp3) is 0.667. The summed E-state index contributed by atoms with van der Waals surface area (Å²) in [5.74, 6) is 2.50. The monoisotopic (exact) mass is 288 g/mol. The van der Waals surface area contributed by atoms with Gasteiger partial charge in [0.25, 0.3) is 0 Å². The molecule has 0 spiro atoms. The van der Waals surface area contributed by atoms with Gasteiger partial charge in [0.15, 0.2) is 0 Å². The lowest BCUT2D eigenvalue weighted by Gasteiger charge is -2.30. The third-order valence-electron chi connectivity index (χ3n) is 5.57. The van der Waals surface area contributed by atoms with E-state index in [0.29, 0.717) is 18.0 Å². The fourth-order valence-corrected chi connectivity index (χ4v) is 4.24. The Morgan fingerprint density at radius 1 is 1.29 bits per heavy atom. The molecule has 3 nitrogen and oxygen atoms in total. The molecule has 1 aliphatic heterocycles. The van der Waals surface area contributed by atoms with E-state index in [9.17, 15) is 0 Å². The van der Waals surface area contributed by atoms with E-state index in [2.05, 4.69) is 36.9 Å². The molecule has 0 amide bonds. The maximum atomic E-state index is 6.35. The third-order valence-corrected chi connectivity index (χ3v) is 5.57. The second-order valence-electron chi connectivity index (χ2n) is 6.89. The molecule has 1 aromatic rings. The lowest BCUT2D eigenvalue weighted by Crippen LogP contribution is -2.38. The summed E-state index contributed by atoms with van der Waals surface area (Å²) in [6, 6.07) is 7.29. The summed E-state index contributed by atoms with van der Waals surface area (Å²) >= 11 is 0. The number of hydrogen-bond acceptors (Lipinski definition) is 3. The molecule has 1 saturated carbocycles. The summed E-state index contributed by atoms with van der Waals surface area (Å²) in [5.41, 5.74) is 8.96. The first-order chi connectivity index (χ1) is 10.1. The molecule has 2 aliphatic rings. The Hall–Kier alpha value is -1.06. The van der Waals surface area contributed by atoms with Crippen LogP contribution >= 0.6 is 0 Å². The van der Waals surface area contributed by atoms with Crippen molar-refractivity contribution in [1.82, 2.24) is 4.90 Å². The molecule has 2 fully saturated rings. The number of benzene rings is 1. The maximum absolute atomic E-state index is 6.35. The van der Waals surface area contributed by atoms with Crippen LogP contribution in [0.3, 0.4) is 0 Å². The van der Waals surface area contributed by atoms with Crippen molar-refractivity contribution >= 4 is 0 Å². The van der Waals surface area contributed by atoms with Crippen molar-refractivity contribution in [2.75, 3.05) is 20.2 Å². The molecule has 4 atom stereocenters. The molecule has 3 heteroatoms. The predicted octanol–water partition coefficient (Wildman–Crippen LogP) is 3.12. The quantitative estimate of drug-likeness (QED) is 0.928. The van der Waals surface area contributed by atoms with Crippen LogP contribution in [0.15, 0.2) is 18.2 Å². The first kappa shape index (κ1) is 14.9. The van der Waals surface area contributed by atoms with Gasteiger partial charge in [-0.25, -0.2) is 0 Å². The van der Waals surface area contributed by atoms with Gasteiger partial charge >= 0.3 is 0 Å². The van der Waals surface area contributed by atoms with E-state index < -0.39 is 0 Å². The van der Waals surface area contributed by atoms with Gasteiger partial charge in [0, 0.05) is 30.7 Å². The first-order valence-electron chi connectivity index (χ1n) is 8.24. The highest BCUT2D eigenvalue weighted by Gasteiger charge is 2.40. The van der Waals surface area contributed by atoms with Crippen molar-refractivity contribution in [1.29, 1.82) is 0 Å². The van der Waals surface area contributed by atoms with Crippen molar-refractivity contribution in [2.24, 2.45) is 17.6 Å². The summed E-state index contributed by atoms with van der Waals surface area (Å²) in [6.07, 6.45) is 3.86. The highest BCUT2D eigenvalue weighted by atomic mass is 16.5. The summed E-state index contributed by atoms with van der Waals surface area (Å²) in [7, 11) is 1.76. The molecule has 116 valence electrons. The number of rotatable bonds is 3. The molecule has 1 saturated heterocycles. The van der Waals surface area contributed by atoms with Gasteiger partial charge in [-0.3, -0.25) is 4.90 Å². The average molecular weight is 288 g/mol. The third kappa shape index (κ3) is 2.82. The number of likely N-dealkylation sites (tertiary alicyclic amines) is 1. The van der Waals surface area contributed by atoms with Crippen molar-refractivity contribution in [3.05, 3.63) is 29.3 Å². The van der Waals surface area contributed by atoms with Gasteiger partial charge < -0.3 is 10.5 Å². The molecule has 1 aromatic carbocycles. The van der Waals surface area contributed by atoms with E-state index in [1.807, 2.05) is 0 Å². The average Bonchev–Trinajstić information content (AvgIpc) is 2.92. The number of ether oxygens (including phenoxy) is 1. The van der Waals surface area contributed by atoms with Crippen molar-refractivity contribution in [2.45, 2.75) is 45.2 Å². The zero-order valence-electron chi connectivity index (χ0n) is 13.5. The molecule has 0 radical (unpaired) electrons. The molecule has 1 aliphatic carbocycles. The first-order valence-corrected chi connectivity index (χ1v) is 8.24. The largest absolute Gasteiger partial charge is 0.496 e. The zero-order valence-corrected chi connectivity index (χ0v) is 13.5. The smallest absolute Gasteiger partial charge is 0.123 e. The molecular formula is C18H28N2O. The van der Waals surface area contributed by atoms with Gasteiger partial charge in [-0.1, -0.05) is 24.1 Å². The van der Waals surface area contributed by atoms with Crippen LogP contribution < -0.4 is 10.5 Å². The Labute approximate surface area is 128 Å². The summed E-state index contributed by atoms with van der Waals surface area (Å²) in [5, 5.41) is 0. The van der Waals surface area contributed by atoms with Gasteiger partial charge in [-0.15, -0.1) is 0 Å². The lowest BCUT2D eigenvalue weighted by molar-refractivity contribution is 0.240. The second-order valence-corrected chi connectivity index (χ2v) is 6.89. The number of aryl methyl sites for hydroxylation is 1. The number of nitrogens with zero attached hydrogens (tertiary/aromatic N) is 1. The van der Waals surface area contributed by atoms with Crippen LogP contribution in [-0.4, -0.2) is 31.1 Å². The minimum Gasteiger partial charge on any atom is -0.496 e. The molecule has 1 heterocycles. The van der Waals surface area contributed by atoms with E-state index in [-0.39, 0.29) is 0 Å². The number of nitrogens with two attached hydrogens (primary N) is 1. The van der Waals surface area contributed by atoms with Gasteiger partial charge in [0.05, 0.1) is 7.11 Å². The molecule has 2 N–H and O–H groups in total. The Kier molecular flexibility index (Phi) is 4.23. The van der Waals surface area contributed by atoms with Gasteiger partial charge in [0.1, 0.15) is 5.75 Å². The van der Waals surface area contributed by atoms with Crippen molar-refractivity contribution in [3.8, 4) is 5.75 Å². The number of hydrogen-bond donors (Lipinski definition) is 1. The molecule has 21 heavy (non-hydrogen) atoms. The Morgan fingerprint density at radius 3 is 2.81 bits per heavy atom. The van der Waals surface area contributed by atoms with Crippen LogP contribution in [0.4, 0.5) is 0 Å². The van der Waals surface area contributed by atoms with Crippen molar-refractivity contribution < 1.29 is 4.74 Å². The maximum Gasteiger partial charge on any atom is 0.123 e. The van der Waals surface area contributed by atoms with Gasteiger partial charge in [0.2, 0.25) is 0 Å². The SMILES string of the molecule is COc1ccc(C)cc1C(C)N1CC2CCCC(N)C2C1. The standard InChI is InChI=1S/C18H28N2O/c1-12-7-8-18(21-3)15(9-12)13(2)20-10-14-5-4-6-17(19)16(14)11-20/h7-9,13-14,16-17H,4-6,10-11,19H2,1-3H3. The Balaban J connectivity index is 1.80. The zero-order chi connectivity index (χ0) is 15.0. The highest BCUT2D eigenvalue weighted by Crippen LogP contribution is 2.40. The van der Waals surface area contributed by atoms with Gasteiger partial charge in [-0.05, 0) is 44.6 Å². The molecule has 0 bridgehead atoms. The van der Waals surface area contributed by atoms with Crippen LogP contribution in [0.1, 0.15) is 43.4 Å². The van der Waals surface area contributed by atoms with Crippen LogP contribution in [0, 0.1) is 18.8 Å². The summed E-state index contributed by atoms with van der Waals surface area (Å²) in [6.45, 7) is 6.79. The molecule has 3 rings (SSSR count). The van der Waals surface area contributed by atoms with E-state index in [1.165, 1.54) is 36.9 Å². The van der Waals surface area contributed by atoms with Crippen molar-refractivity contribution in [3.63, 3.8) is 0 Å². The fourth-order valence-electron chi connectivity index (χ4n) is 4.24. The Bertz CT molecular complexity index is 502.